The number of carbonyl (C=O) groups excluding carboxylic acids is 3. The lowest BCUT2D eigenvalue weighted by atomic mass is 10.1. The van der Waals surface area contributed by atoms with Crippen molar-refractivity contribution in [1.29, 1.82) is 0 Å². The molecule has 1 unspecified atom stereocenters. The standard InChI is InChI=1S/C24H28N2O6/c1-30-18-10-11-19(21(15-18)31-2)24(29)26-13-12-25-23(28)20(26)16-22(27)32-14-6-9-17-7-4-3-5-8-17/h3-5,7-8,10-11,15,20H,6,9,12-14,16H2,1-2H3,(H,25,28). The van der Waals surface area contributed by atoms with Crippen LogP contribution in [0.25, 0.3) is 0 Å². The van der Waals surface area contributed by atoms with Crippen molar-refractivity contribution in [3.63, 3.8) is 0 Å². The van der Waals surface area contributed by atoms with Gasteiger partial charge in [0.2, 0.25) is 5.91 Å². The number of aryl methyl sites for hydroxylation is 1. The minimum atomic E-state index is -0.940. The van der Waals surface area contributed by atoms with Crippen molar-refractivity contribution in [2.45, 2.75) is 25.3 Å². The topological polar surface area (TPSA) is 94.2 Å². The molecule has 1 saturated heterocycles. The molecule has 0 radical (unpaired) electrons. The molecule has 8 nitrogen and oxygen atoms in total. The van der Waals surface area contributed by atoms with Gasteiger partial charge < -0.3 is 24.4 Å². The monoisotopic (exact) mass is 440 g/mol. The first-order valence-corrected chi connectivity index (χ1v) is 10.5. The highest BCUT2D eigenvalue weighted by Crippen LogP contribution is 2.27. The zero-order chi connectivity index (χ0) is 22.9. The van der Waals surface area contributed by atoms with Crippen molar-refractivity contribution in [3.8, 4) is 11.5 Å². The van der Waals surface area contributed by atoms with Gasteiger partial charge in [-0.05, 0) is 30.5 Å². The van der Waals surface area contributed by atoms with Gasteiger partial charge in [0.15, 0.2) is 0 Å². The van der Waals surface area contributed by atoms with Gasteiger partial charge in [0.05, 0.1) is 32.8 Å². The normalized spacial score (nSPS) is 15.6. The fourth-order valence-corrected chi connectivity index (χ4v) is 3.61. The van der Waals surface area contributed by atoms with Crippen LogP contribution in [0.4, 0.5) is 0 Å². The Kier molecular flexibility index (Phi) is 8.08. The van der Waals surface area contributed by atoms with Crippen LogP contribution in [0.15, 0.2) is 48.5 Å². The van der Waals surface area contributed by atoms with E-state index in [1.807, 2.05) is 30.3 Å². The summed E-state index contributed by atoms with van der Waals surface area (Å²) in [6, 6.07) is 13.8. The maximum Gasteiger partial charge on any atom is 0.308 e. The predicted molar refractivity (Wildman–Crippen MR) is 118 cm³/mol. The second-order valence-electron chi connectivity index (χ2n) is 7.39. The Morgan fingerprint density at radius 2 is 1.88 bits per heavy atom. The summed E-state index contributed by atoms with van der Waals surface area (Å²) in [6.07, 6.45) is 1.26. The highest BCUT2D eigenvalue weighted by atomic mass is 16.5. The predicted octanol–water partition coefficient (Wildman–Crippen LogP) is 2.21. The van der Waals surface area contributed by atoms with Crippen LogP contribution in [0.2, 0.25) is 0 Å². The molecule has 2 aromatic rings. The second kappa shape index (κ2) is 11.2. The first-order chi connectivity index (χ1) is 15.5. The van der Waals surface area contributed by atoms with Crippen LogP contribution in [-0.4, -0.2) is 62.6 Å². The molecule has 1 atom stereocenters. The Hall–Kier alpha value is -3.55. The lowest BCUT2D eigenvalue weighted by molar-refractivity contribution is -0.147. The average Bonchev–Trinajstić information content (AvgIpc) is 2.83. The smallest absolute Gasteiger partial charge is 0.308 e. The fourth-order valence-electron chi connectivity index (χ4n) is 3.61. The summed E-state index contributed by atoms with van der Waals surface area (Å²) in [5.74, 6) is -0.396. The van der Waals surface area contributed by atoms with E-state index in [9.17, 15) is 14.4 Å². The summed E-state index contributed by atoms with van der Waals surface area (Å²) in [4.78, 5) is 39.5. The number of amides is 2. The summed E-state index contributed by atoms with van der Waals surface area (Å²) < 4.78 is 15.8. The van der Waals surface area contributed by atoms with E-state index in [-0.39, 0.29) is 31.4 Å². The molecule has 1 aliphatic heterocycles. The van der Waals surface area contributed by atoms with Gasteiger partial charge >= 0.3 is 5.97 Å². The van der Waals surface area contributed by atoms with E-state index < -0.39 is 12.0 Å². The number of methoxy groups -OCH3 is 2. The van der Waals surface area contributed by atoms with Crippen LogP contribution in [0.3, 0.4) is 0 Å². The van der Waals surface area contributed by atoms with E-state index in [0.29, 0.717) is 30.0 Å². The Balaban J connectivity index is 1.62. The number of piperazine rings is 1. The summed E-state index contributed by atoms with van der Waals surface area (Å²) in [7, 11) is 2.98. The van der Waals surface area contributed by atoms with Gasteiger partial charge in [0.1, 0.15) is 17.5 Å². The first-order valence-electron chi connectivity index (χ1n) is 10.5. The maximum atomic E-state index is 13.2. The summed E-state index contributed by atoms with van der Waals surface area (Å²) >= 11 is 0. The van der Waals surface area contributed by atoms with Gasteiger partial charge in [-0.25, -0.2) is 0 Å². The molecule has 32 heavy (non-hydrogen) atoms. The summed E-state index contributed by atoms with van der Waals surface area (Å²) in [5.41, 5.74) is 1.46. The summed E-state index contributed by atoms with van der Waals surface area (Å²) in [5, 5.41) is 2.72. The maximum absolute atomic E-state index is 13.2. The lowest BCUT2D eigenvalue weighted by Crippen LogP contribution is -2.57. The highest BCUT2D eigenvalue weighted by Gasteiger charge is 2.36. The molecule has 8 heteroatoms. The van der Waals surface area contributed by atoms with Crippen molar-refractivity contribution >= 4 is 17.8 Å². The van der Waals surface area contributed by atoms with Crippen molar-refractivity contribution < 1.29 is 28.6 Å². The highest BCUT2D eigenvalue weighted by molar-refractivity contribution is 6.01. The van der Waals surface area contributed by atoms with E-state index in [2.05, 4.69) is 5.32 Å². The quantitative estimate of drug-likeness (QED) is 0.475. The first kappa shape index (κ1) is 23.1. The molecule has 0 spiro atoms. The van der Waals surface area contributed by atoms with E-state index in [4.69, 9.17) is 14.2 Å². The number of hydrogen-bond acceptors (Lipinski definition) is 6. The Bertz CT molecular complexity index is 947. The van der Waals surface area contributed by atoms with Gasteiger partial charge in [0.25, 0.3) is 5.91 Å². The number of nitrogens with one attached hydrogen (secondary N) is 1. The molecule has 2 amide bonds. The molecule has 0 bridgehead atoms. The number of benzene rings is 2. The molecule has 1 fully saturated rings. The molecule has 0 aromatic heterocycles. The number of rotatable bonds is 9. The molecular weight excluding hydrogens is 412 g/mol. The number of esters is 1. The van der Waals surface area contributed by atoms with Gasteiger partial charge in [-0.15, -0.1) is 0 Å². The van der Waals surface area contributed by atoms with Crippen molar-refractivity contribution in [3.05, 3.63) is 59.7 Å². The van der Waals surface area contributed by atoms with Crippen LogP contribution < -0.4 is 14.8 Å². The third-order valence-corrected chi connectivity index (χ3v) is 5.31. The number of carbonyl (C=O) groups is 3. The molecule has 1 heterocycles. The van der Waals surface area contributed by atoms with Gasteiger partial charge in [0, 0.05) is 19.2 Å². The molecule has 0 saturated carbocycles. The molecular formula is C24H28N2O6. The molecule has 3 rings (SSSR count). The molecule has 0 aliphatic carbocycles. The third-order valence-electron chi connectivity index (χ3n) is 5.31. The van der Waals surface area contributed by atoms with Crippen molar-refractivity contribution in [2.75, 3.05) is 33.9 Å². The molecule has 1 N–H and O–H groups in total. The van der Waals surface area contributed by atoms with Crippen LogP contribution in [0, 0.1) is 0 Å². The van der Waals surface area contributed by atoms with Crippen molar-refractivity contribution in [1.82, 2.24) is 10.2 Å². The van der Waals surface area contributed by atoms with Crippen molar-refractivity contribution in [2.24, 2.45) is 0 Å². The second-order valence-corrected chi connectivity index (χ2v) is 7.39. The minimum absolute atomic E-state index is 0.207. The van der Waals surface area contributed by atoms with Crippen LogP contribution in [0.1, 0.15) is 28.8 Å². The summed E-state index contributed by atoms with van der Waals surface area (Å²) in [6.45, 7) is 0.847. The number of hydrogen-bond donors (Lipinski definition) is 1. The lowest BCUT2D eigenvalue weighted by Gasteiger charge is -2.34. The van der Waals surface area contributed by atoms with E-state index in [0.717, 1.165) is 6.42 Å². The fraction of sp³-hybridized carbons (Fsp3) is 0.375. The van der Waals surface area contributed by atoms with Gasteiger partial charge in [-0.2, -0.15) is 0 Å². The molecule has 1 aliphatic rings. The number of ether oxygens (including phenoxy) is 3. The Morgan fingerprint density at radius 3 is 2.59 bits per heavy atom. The zero-order valence-electron chi connectivity index (χ0n) is 18.3. The Morgan fingerprint density at radius 1 is 1.09 bits per heavy atom. The Labute approximate surface area is 187 Å². The van der Waals surface area contributed by atoms with Crippen LogP contribution in [-0.2, 0) is 20.7 Å². The SMILES string of the molecule is COc1ccc(C(=O)N2CCNC(=O)C2CC(=O)OCCCc2ccccc2)c(OC)c1. The zero-order valence-corrected chi connectivity index (χ0v) is 18.3. The minimum Gasteiger partial charge on any atom is -0.497 e. The number of nitrogens with zero attached hydrogens (tertiary/aromatic N) is 1. The van der Waals surface area contributed by atoms with E-state index >= 15 is 0 Å². The van der Waals surface area contributed by atoms with E-state index in [1.54, 1.807) is 18.2 Å². The van der Waals surface area contributed by atoms with E-state index in [1.165, 1.54) is 24.7 Å². The van der Waals surface area contributed by atoms with Gasteiger partial charge in [-0.1, -0.05) is 30.3 Å². The third kappa shape index (κ3) is 5.78. The average molecular weight is 440 g/mol. The molecule has 170 valence electrons. The largest absolute Gasteiger partial charge is 0.497 e. The van der Waals surface area contributed by atoms with Gasteiger partial charge in [-0.3, -0.25) is 14.4 Å². The van der Waals surface area contributed by atoms with Crippen LogP contribution in [0.5, 0.6) is 11.5 Å². The molecule has 2 aromatic carbocycles. The van der Waals surface area contributed by atoms with Crippen LogP contribution >= 0.6 is 0 Å².